The highest BCUT2D eigenvalue weighted by Crippen LogP contribution is 2.15. The molecule has 0 saturated carbocycles. The number of hydrogen-bond donors (Lipinski definition) is 2. The molecule has 1 heterocycles. The van der Waals surface area contributed by atoms with Gasteiger partial charge in [-0.15, -0.1) is 0 Å². The van der Waals surface area contributed by atoms with Gasteiger partial charge in [-0.3, -0.25) is 15.2 Å². The number of nitrogens with zero attached hydrogens (tertiary/aromatic N) is 1. The molecule has 2 rings (SSSR count). The lowest BCUT2D eigenvalue weighted by atomic mass is 10.2. The molecular formula is C14H14ClN3O3. The van der Waals surface area contributed by atoms with Crippen molar-refractivity contribution in [2.24, 2.45) is 5.84 Å². The Balaban J connectivity index is 1.77. The summed E-state index contributed by atoms with van der Waals surface area (Å²) in [6.07, 6.45) is 3.11. The molecule has 0 aliphatic heterocycles. The SMILES string of the molecule is NNC(=O)c1ccc(OCCOc2cncc(Cl)c2)cc1. The average Bonchev–Trinajstić information content (AvgIpc) is 2.51. The summed E-state index contributed by atoms with van der Waals surface area (Å²) in [6, 6.07) is 8.30. The maximum atomic E-state index is 11.3. The number of nitrogens with two attached hydrogens (primary N) is 1. The van der Waals surface area contributed by atoms with Crippen LogP contribution in [0.1, 0.15) is 10.4 Å². The smallest absolute Gasteiger partial charge is 0.265 e. The number of amides is 1. The van der Waals surface area contributed by atoms with Crippen LogP contribution in [0.25, 0.3) is 0 Å². The van der Waals surface area contributed by atoms with Crippen molar-refractivity contribution in [2.75, 3.05) is 13.2 Å². The molecule has 1 aromatic carbocycles. The Morgan fingerprint density at radius 3 is 2.43 bits per heavy atom. The van der Waals surface area contributed by atoms with Crippen LogP contribution in [-0.2, 0) is 0 Å². The van der Waals surface area contributed by atoms with Gasteiger partial charge in [-0.1, -0.05) is 11.6 Å². The Hall–Kier alpha value is -2.31. The fourth-order valence-corrected chi connectivity index (χ4v) is 1.74. The quantitative estimate of drug-likeness (QED) is 0.368. The molecule has 0 spiro atoms. The van der Waals surface area contributed by atoms with E-state index in [4.69, 9.17) is 26.9 Å². The molecule has 0 fully saturated rings. The van der Waals surface area contributed by atoms with Crippen LogP contribution in [0.4, 0.5) is 0 Å². The molecule has 0 saturated heterocycles. The van der Waals surface area contributed by atoms with Gasteiger partial charge in [-0.2, -0.15) is 0 Å². The fourth-order valence-electron chi connectivity index (χ4n) is 1.58. The number of aromatic nitrogens is 1. The third-order valence-electron chi connectivity index (χ3n) is 2.55. The molecule has 0 unspecified atom stereocenters. The Morgan fingerprint density at radius 1 is 1.14 bits per heavy atom. The minimum absolute atomic E-state index is 0.349. The zero-order valence-corrected chi connectivity index (χ0v) is 11.8. The number of ether oxygens (including phenoxy) is 2. The highest BCUT2D eigenvalue weighted by Gasteiger charge is 2.03. The summed E-state index contributed by atoms with van der Waals surface area (Å²) < 4.78 is 10.9. The van der Waals surface area contributed by atoms with Crippen molar-refractivity contribution in [1.82, 2.24) is 10.4 Å². The summed E-state index contributed by atoms with van der Waals surface area (Å²) in [7, 11) is 0. The zero-order chi connectivity index (χ0) is 15.1. The van der Waals surface area contributed by atoms with E-state index in [-0.39, 0.29) is 5.91 Å². The average molecular weight is 308 g/mol. The molecule has 0 aliphatic carbocycles. The van der Waals surface area contributed by atoms with Gasteiger partial charge in [0.25, 0.3) is 5.91 Å². The van der Waals surface area contributed by atoms with Crippen LogP contribution in [0.5, 0.6) is 11.5 Å². The molecule has 3 N–H and O–H groups in total. The maximum absolute atomic E-state index is 11.3. The second-order valence-electron chi connectivity index (χ2n) is 4.03. The third kappa shape index (κ3) is 4.62. The number of nitrogens with one attached hydrogen (secondary N) is 1. The van der Waals surface area contributed by atoms with Gasteiger partial charge in [0.05, 0.1) is 11.2 Å². The highest BCUT2D eigenvalue weighted by atomic mass is 35.5. The van der Waals surface area contributed by atoms with Gasteiger partial charge in [0, 0.05) is 17.8 Å². The van der Waals surface area contributed by atoms with E-state index in [0.717, 1.165) is 0 Å². The Labute approximate surface area is 126 Å². The molecule has 2 aromatic rings. The second kappa shape index (κ2) is 7.47. The van der Waals surface area contributed by atoms with E-state index < -0.39 is 0 Å². The predicted molar refractivity (Wildman–Crippen MR) is 78.3 cm³/mol. The van der Waals surface area contributed by atoms with E-state index in [0.29, 0.717) is 35.3 Å². The predicted octanol–water partition coefficient (Wildman–Crippen LogP) is 1.80. The number of carbonyl (C=O) groups excluding carboxylic acids is 1. The first-order chi connectivity index (χ1) is 10.2. The molecule has 6 nitrogen and oxygen atoms in total. The first kappa shape index (κ1) is 15.1. The van der Waals surface area contributed by atoms with Crippen LogP contribution < -0.4 is 20.7 Å². The van der Waals surface area contributed by atoms with E-state index in [1.54, 1.807) is 36.5 Å². The van der Waals surface area contributed by atoms with Gasteiger partial charge >= 0.3 is 0 Å². The molecule has 0 bridgehead atoms. The number of rotatable bonds is 6. The first-order valence-corrected chi connectivity index (χ1v) is 6.54. The van der Waals surface area contributed by atoms with E-state index in [1.165, 1.54) is 6.20 Å². The van der Waals surface area contributed by atoms with Crippen LogP contribution in [0.3, 0.4) is 0 Å². The van der Waals surface area contributed by atoms with E-state index in [1.807, 2.05) is 0 Å². The molecule has 0 atom stereocenters. The maximum Gasteiger partial charge on any atom is 0.265 e. The molecule has 0 aliphatic rings. The monoisotopic (exact) mass is 307 g/mol. The summed E-state index contributed by atoms with van der Waals surface area (Å²) in [6.45, 7) is 0.710. The minimum Gasteiger partial charge on any atom is -0.490 e. The number of pyridine rings is 1. The van der Waals surface area contributed by atoms with Crippen molar-refractivity contribution in [1.29, 1.82) is 0 Å². The normalized spacial score (nSPS) is 10.0. The first-order valence-electron chi connectivity index (χ1n) is 6.16. The topological polar surface area (TPSA) is 86.5 Å². The minimum atomic E-state index is -0.349. The van der Waals surface area contributed by atoms with Crippen LogP contribution >= 0.6 is 11.6 Å². The zero-order valence-electron chi connectivity index (χ0n) is 11.1. The summed E-state index contributed by atoms with van der Waals surface area (Å²) in [4.78, 5) is 15.2. The molecule has 7 heteroatoms. The van der Waals surface area contributed by atoms with Crippen LogP contribution in [-0.4, -0.2) is 24.1 Å². The van der Waals surface area contributed by atoms with Crippen molar-refractivity contribution < 1.29 is 14.3 Å². The number of hydrazine groups is 1. The van der Waals surface area contributed by atoms with Gasteiger partial charge in [0.2, 0.25) is 0 Å². The lowest BCUT2D eigenvalue weighted by molar-refractivity contribution is 0.0953. The lowest BCUT2D eigenvalue weighted by Gasteiger charge is -2.08. The summed E-state index contributed by atoms with van der Waals surface area (Å²) in [5.74, 6) is 5.92. The number of carbonyl (C=O) groups is 1. The van der Waals surface area contributed by atoms with Crippen molar-refractivity contribution in [3.05, 3.63) is 53.3 Å². The molecule has 110 valence electrons. The molecule has 21 heavy (non-hydrogen) atoms. The van der Waals surface area contributed by atoms with Crippen LogP contribution in [0.2, 0.25) is 5.02 Å². The number of nitrogen functional groups attached to an aromatic ring is 1. The van der Waals surface area contributed by atoms with Gasteiger partial charge in [-0.05, 0) is 24.3 Å². The Morgan fingerprint density at radius 2 is 1.81 bits per heavy atom. The van der Waals surface area contributed by atoms with Gasteiger partial charge in [0.15, 0.2) is 0 Å². The fraction of sp³-hybridized carbons (Fsp3) is 0.143. The van der Waals surface area contributed by atoms with Crippen molar-refractivity contribution >= 4 is 17.5 Å². The third-order valence-corrected chi connectivity index (χ3v) is 2.75. The van der Waals surface area contributed by atoms with E-state index >= 15 is 0 Å². The lowest BCUT2D eigenvalue weighted by Crippen LogP contribution is -2.29. The van der Waals surface area contributed by atoms with Gasteiger partial charge in [0.1, 0.15) is 24.7 Å². The van der Waals surface area contributed by atoms with E-state index in [2.05, 4.69) is 10.4 Å². The standard InChI is InChI=1S/C14H14ClN3O3/c15-11-7-13(9-17-8-11)21-6-5-20-12-3-1-10(2-4-12)14(19)18-16/h1-4,7-9H,5-6,16H2,(H,18,19). The molecule has 1 aromatic heterocycles. The van der Waals surface area contributed by atoms with Gasteiger partial charge in [-0.25, -0.2) is 5.84 Å². The Bertz CT molecular complexity index is 605. The van der Waals surface area contributed by atoms with Gasteiger partial charge < -0.3 is 9.47 Å². The highest BCUT2D eigenvalue weighted by molar-refractivity contribution is 6.30. The molecular weight excluding hydrogens is 294 g/mol. The summed E-state index contributed by atoms with van der Waals surface area (Å²) in [5.41, 5.74) is 2.52. The number of benzene rings is 1. The largest absolute Gasteiger partial charge is 0.490 e. The Kier molecular flexibility index (Phi) is 5.36. The summed E-state index contributed by atoms with van der Waals surface area (Å²) in [5, 5.41) is 0.516. The molecule has 1 amide bonds. The van der Waals surface area contributed by atoms with Crippen LogP contribution in [0, 0.1) is 0 Å². The van der Waals surface area contributed by atoms with Crippen molar-refractivity contribution in [3.8, 4) is 11.5 Å². The van der Waals surface area contributed by atoms with Crippen molar-refractivity contribution in [3.63, 3.8) is 0 Å². The van der Waals surface area contributed by atoms with E-state index in [9.17, 15) is 4.79 Å². The van der Waals surface area contributed by atoms with Crippen LogP contribution in [0.15, 0.2) is 42.7 Å². The summed E-state index contributed by atoms with van der Waals surface area (Å²) >= 11 is 5.79. The molecule has 0 radical (unpaired) electrons. The van der Waals surface area contributed by atoms with Crippen molar-refractivity contribution in [2.45, 2.75) is 0 Å². The second-order valence-corrected chi connectivity index (χ2v) is 4.47. The number of hydrogen-bond acceptors (Lipinski definition) is 5. The number of halogens is 1.